The summed E-state index contributed by atoms with van der Waals surface area (Å²) in [7, 11) is 0. The maximum atomic E-state index is 5.15. The lowest BCUT2D eigenvalue weighted by Gasteiger charge is -2.06. The fourth-order valence-electron chi connectivity index (χ4n) is 2.24. The van der Waals surface area contributed by atoms with Crippen molar-refractivity contribution in [1.82, 2.24) is 0 Å². The topological polar surface area (TPSA) is 46.3 Å². The van der Waals surface area contributed by atoms with Crippen molar-refractivity contribution in [3.05, 3.63) is 46.6 Å². The summed E-state index contributed by atoms with van der Waals surface area (Å²) in [6, 6.07) is 4.07. The molecule has 3 aliphatic heterocycles. The lowest BCUT2D eigenvalue weighted by Crippen LogP contribution is -2.09. The first-order chi connectivity index (χ1) is 8.92. The molecule has 0 N–H and O–H groups in total. The second kappa shape index (κ2) is 3.50. The van der Waals surface area contributed by atoms with E-state index < -0.39 is 0 Å². The van der Waals surface area contributed by atoms with E-state index in [1.54, 1.807) is 6.26 Å². The van der Waals surface area contributed by atoms with Crippen LogP contribution in [0.4, 0.5) is 11.4 Å². The highest BCUT2D eigenvalue weighted by atomic mass is 16.5. The molecule has 1 aromatic carbocycles. The third-order valence-corrected chi connectivity index (χ3v) is 3.14. The molecule has 4 heteroatoms. The molecule has 0 saturated carbocycles. The van der Waals surface area contributed by atoms with Gasteiger partial charge >= 0.3 is 0 Å². The van der Waals surface area contributed by atoms with Crippen molar-refractivity contribution in [3.63, 3.8) is 0 Å². The zero-order valence-corrected chi connectivity index (χ0v) is 9.50. The number of azo groups is 1. The zero-order valence-electron chi connectivity index (χ0n) is 9.50. The highest BCUT2D eigenvalue weighted by Crippen LogP contribution is 2.25. The Morgan fingerprint density at radius 1 is 1.11 bits per heavy atom. The molecule has 18 heavy (non-hydrogen) atoms. The van der Waals surface area contributed by atoms with Gasteiger partial charge < -0.3 is 4.74 Å². The van der Waals surface area contributed by atoms with Gasteiger partial charge in [0.15, 0.2) is 0 Å². The molecule has 0 aromatic heterocycles. The van der Waals surface area contributed by atoms with Crippen LogP contribution in [0.3, 0.4) is 0 Å². The van der Waals surface area contributed by atoms with E-state index in [1.807, 2.05) is 36.6 Å². The number of aliphatic imine (C=N–C) groups is 1. The molecule has 3 aliphatic rings. The number of ether oxygens (including phenoxy) is 1. The quantitative estimate of drug-likeness (QED) is 0.732. The van der Waals surface area contributed by atoms with Crippen LogP contribution in [0.1, 0.15) is 0 Å². The minimum atomic E-state index is 0.580. The second-order valence-electron chi connectivity index (χ2n) is 4.22. The first-order valence-corrected chi connectivity index (χ1v) is 5.75. The maximum Gasteiger partial charge on any atom is 0.106 e. The van der Waals surface area contributed by atoms with Crippen molar-refractivity contribution in [3.8, 4) is 0 Å². The molecule has 0 bridgehead atoms. The van der Waals surface area contributed by atoms with Crippen LogP contribution in [0.5, 0.6) is 0 Å². The van der Waals surface area contributed by atoms with Crippen LogP contribution < -0.4 is 10.4 Å². The van der Waals surface area contributed by atoms with E-state index in [9.17, 15) is 0 Å². The van der Waals surface area contributed by atoms with Crippen LogP contribution in [0, 0.1) is 0 Å². The third-order valence-electron chi connectivity index (χ3n) is 3.14. The van der Waals surface area contributed by atoms with Crippen molar-refractivity contribution in [2.24, 2.45) is 15.2 Å². The number of hydrogen-bond acceptors (Lipinski definition) is 4. The zero-order chi connectivity index (χ0) is 11.9. The van der Waals surface area contributed by atoms with E-state index in [0.29, 0.717) is 6.61 Å². The Morgan fingerprint density at radius 2 is 2.11 bits per heavy atom. The number of hydrogen-bond donors (Lipinski definition) is 0. The second-order valence-corrected chi connectivity index (χ2v) is 4.22. The summed E-state index contributed by atoms with van der Waals surface area (Å²) in [6.45, 7) is 0.580. The molecule has 86 valence electrons. The third kappa shape index (κ3) is 1.29. The largest absolute Gasteiger partial charge is 0.497 e. The molecule has 0 radical (unpaired) electrons. The molecule has 0 amide bonds. The normalized spacial score (nSPS) is 18.2. The van der Waals surface area contributed by atoms with Crippen molar-refractivity contribution in [2.45, 2.75) is 0 Å². The van der Waals surface area contributed by atoms with Gasteiger partial charge in [0.2, 0.25) is 0 Å². The summed E-state index contributed by atoms with van der Waals surface area (Å²) < 4.78 is 5.15. The van der Waals surface area contributed by atoms with Gasteiger partial charge in [0, 0.05) is 22.2 Å². The number of fused-ring (bicyclic) bond motifs is 2. The first-order valence-electron chi connectivity index (χ1n) is 5.75. The SMILES string of the molecule is C1=CC(C2=c3cc4c(cc3N=N2)=CC=N4)=CCO1. The Morgan fingerprint density at radius 3 is 3.00 bits per heavy atom. The van der Waals surface area contributed by atoms with Crippen LogP contribution >= 0.6 is 0 Å². The Balaban J connectivity index is 1.99. The van der Waals surface area contributed by atoms with Crippen molar-refractivity contribution >= 4 is 29.4 Å². The fourth-order valence-corrected chi connectivity index (χ4v) is 2.24. The molecule has 0 atom stereocenters. The fraction of sp³-hybridized carbons (Fsp3) is 0.0714. The molecule has 4 rings (SSSR count). The molecule has 0 spiro atoms. The maximum absolute atomic E-state index is 5.15. The molecule has 3 heterocycles. The molecular weight excluding hydrogens is 226 g/mol. The molecule has 0 saturated heterocycles. The summed E-state index contributed by atoms with van der Waals surface area (Å²) >= 11 is 0. The minimum Gasteiger partial charge on any atom is -0.497 e. The number of rotatable bonds is 1. The molecular formula is C14H9N3O. The van der Waals surface area contributed by atoms with Crippen molar-refractivity contribution in [1.29, 1.82) is 0 Å². The van der Waals surface area contributed by atoms with Gasteiger partial charge in [-0.2, -0.15) is 0 Å². The Bertz CT molecular complexity index is 782. The number of benzene rings is 1. The van der Waals surface area contributed by atoms with E-state index in [0.717, 1.165) is 33.1 Å². The summed E-state index contributed by atoms with van der Waals surface area (Å²) in [4.78, 5) is 4.32. The lowest BCUT2D eigenvalue weighted by molar-refractivity contribution is 0.285. The molecule has 4 nitrogen and oxygen atoms in total. The van der Waals surface area contributed by atoms with Gasteiger partial charge in [-0.05, 0) is 30.4 Å². The van der Waals surface area contributed by atoms with E-state index in [-0.39, 0.29) is 0 Å². The van der Waals surface area contributed by atoms with E-state index in [1.165, 1.54) is 0 Å². The van der Waals surface area contributed by atoms with E-state index in [2.05, 4.69) is 15.2 Å². The minimum absolute atomic E-state index is 0.580. The summed E-state index contributed by atoms with van der Waals surface area (Å²) in [5, 5.41) is 10.6. The summed E-state index contributed by atoms with van der Waals surface area (Å²) in [5.74, 6) is 0. The predicted octanol–water partition coefficient (Wildman–Crippen LogP) is 1.86. The number of nitrogens with zero attached hydrogens (tertiary/aromatic N) is 3. The van der Waals surface area contributed by atoms with Crippen LogP contribution in [-0.4, -0.2) is 12.8 Å². The average Bonchev–Trinajstić information content (AvgIpc) is 3.02. The Labute approximate surface area is 103 Å². The summed E-state index contributed by atoms with van der Waals surface area (Å²) in [6.07, 6.45) is 9.40. The van der Waals surface area contributed by atoms with E-state index >= 15 is 0 Å². The predicted molar refractivity (Wildman–Crippen MR) is 69.4 cm³/mol. The average molecular weight is 235 g/mol. The van der Waals surface area contributed by atoms with Gasteiger partial charge in [0.25, 0.3) is 0 Å². The van der Waals surface area contributed by atoms with Crippen molar-refractivity contribution in [2.75, 3.05) is 6.61 Å². The van der Waals surface area contributed by atoms with Gasteiger partial charge in [-0.1, -0.05) is 0 Å². The Kier molecular flexibility index (Phi) is 1.85. The van der Waals surface area contributed by atoms with Crippen molar-refractivity contribution < 1.29 is 4.74 Å². The monoisotopic (exact) mass is 235 g/mol. The molecule has 0 fully saturated rings. The van der Waals surface area contributed by atoms with Crippen LogP contribution in [0.25, 0.3) is 11.8 Å². The molecule has 0 unspecified atom stereocenters. The van der Waals surface area contributed by atoms with Gasteiger partial charge in [0.1, 0.15) is 12.3 Å². The standard InChI is InChI=1S/C14H9N3O/c1-4-15-12-8-11-13(7-10(1)12)16-17-14(11)9-2-5-18-6-3-9/h1-5,7-8H,6H2. The van der Waals surface area contributed by atoms with Crippen LogP contribution in [0.2, 0.25) is 0 Å². The van der Waals surface area contributed by atoms with Gasteiger partial charge in [-0.3, -0.25) is 4.99 Å². The molecule has 0 aliphatic carbocycles. The van der Waals surface area contributed by atoms with Crippen LogP contribution in [0.15, 0.2) is 51.3 Å². The molecule has 1 aromatic rings. The highest BCUT2D eigenvalue weighted by Gasteiger charge is 2.15. The Hall–Kier alpha value is -2.49. The van der Waals surface area contributed by atoms with E-state index in [4.69, 9.17) is 4.74 Å². The van der Waals surface area contributed by atoms with Gasteiger partial charge in [0.05, 0.1) is 17.6 Å². The summed E-state index contributed by atoms with van der Waals surface area (Å²) in [5.41, 5.74) is 3.84. The van der Waals surface area contributed by atoms with Crippen LogP contribution in [-0.2, 0) is 4.74 Å². The smallest absolute Gasteiger partial charge is 0.106 e. The highest BCUT2D eigenvalue weighted by molar-refractivity contribution is 5.97. The van der Waals surface area contributed by atoms with Gasteiger partial charge in [-0.15, -0.1) is 10.2 Å². The lowest BCUT2D eigenvalue weighted by atomic mass is 10.1. The first kappa shape index (κ1) is 9.53. The van der Waals surface area contributed by atoms with Gasteiger partial charge in [-0.25, -0.2) is 0 Å².